The number of hydrogen-bond acceptors (Lipinski definition) is 4. The molecular formula is C15H22Cl2O4. The summed E-state index contributed by atoms with van der Waals surface area (Å²) >= 11 is 11.9. The van der Waals surface area contributed by atoms with E-state index in [-0.39, 0.29) is 12.9 Å². The molecule has 1 rings (SSSR count). The zero-order chi connectivity index (χ0) is 15.5. The van der Waals surface area contributed by atoms with Crippen LogP contribution in [0.1, 0.15) is 19.8 Å². The second-order valence-corrected chi connectivity index (χ2v) is 5.35. The van der Waals surface area contributed by atoms with E-state index in [1.165, 1.54) is 0 Å². The highest BCUT2D eigenvalue weighted by Gasteiger charge is 2.12. The van der Waals surface area contributed by atoms with Crippen molar-refractivity contribution < 1.29 is 18.9 Å². The largest absolute Gasteiger partial charge is 0.489 e. The molecule has 120 valence electrons. The van der Waals surface area contributed by atoms with Gasteiger partial charge < -0.3 is 18.9 Å². The highest BCUT2D eigenvalue weighted by atomic mass is 35.5. The molecule has 0 fully saturated rings. The van der Waals surface area contributed by atoms with Gasteiger partial charge in [-0.05, 0) is 24.6 Å². The Hall–Kier alpha value is -0.520. The van der Waals surface area contributed by atoms with E-state index in [0.717, 1.165) is 12.8 Å². The molecule has 6 heteroatoms. The Bertz CT molecular complexity index is 401. The molecule has 1 unspecified atom stereocenters. The molecule has 0 aliphatic rings. The summed E-state index contributed by atoms with van der Waals surface area (Å²) in [6.07, 6.45) is 1.90. The van der Waals surface area contributed by atoms with Crippen molar-refractivity contribution in [2.45, 2.75) is 25.9 Å². The minimum atomic E-state index is -0.219. The van der Waals surface area contributed by atoms with Crippen LogP contribution in [-0.4, -0.2) is 39.8 Å². The van der Waals surface area contributed by atoms with Crippen LogP contribution in [0.15, 0.2) is 18.2 Å². The van der Waals surface area contributed by atoms with Gasteiger partial charge in [0.1, 0.15) is 25.3 Å². The van der Waals surface area contributed by atoms with E-state index >= 15 is 0 Å². The number of benzene rings is 1. The third-order valence-electron chi connectivity index (χ3n) is 2.70. The molecule has 0 aliphatic heterocycles. The summed E-state index contributed by atoms with van der Waals surface area (Å²) in [7, 11) is 1.61. The summed E-state index contributed by atoms with van der Waals surface area (Å²) in [4.78, 5) is 0. The topological polar surface area (TPSA) is 36.9 Å². The Morgan fingerprint density at radius 2 is 2.00 bits per heavy atom. The van der Waals surface area contributed by atoms with Crippen LogP contribution >= 0.6 is 23.2 Å². The number of rotatable bonds is 11. The lowest BCUT2D eigenvalue weighted by atomic mass is 10.3. The average molecular weight is 337 g/mol. The SMILES string of the molecule is CCCCOCOC(COC)COc1ccc(Cl)cc1Cl. The first-order valence-corrected chi connectivity index (χ1v) is 7.69. The molecule has 0 aromatic heterocycles. The van der Waals surface area contributed by atoms with Gasteiger partial charge >= 0.3 is 0 Å². The predicted octanol–water partition coefficient (Wildman–Crippen LogP) is 4.18. The van der Waals surface area contributed by atoms with Gasteiger partial charge in [-0.25, -0.2) is 0 Å². The normalized spacial score (nSPS) is 12.4. The lowest BCUT2D eigenvalue weighted by molar-refractivity contribution is -0.117. The van der Waals surface area contributed by atoms with Crippen LogP contribution in [0.2, 0.25) is 10.0 Å². The van der Waals surface area contributed by atoms with Crippen molar-refractivity contribution >= 4 is 23.2 Å². The highest BCUT2D eigenvalue weighted by Crippen LogP contribution is 2.27. The lowest BCUT2D eigenvalue weighted by Gasteiger charge is -2.18. The average Bonchev–Trinajstić information content (AvgIpc) is 2.46. The van der Waals surface area contributed by atoms with Crippen LogP contribution in [-0.2, 0) is 14.2 Å². The third kappa shape index (κ3) is 7.88. The van der Waals surface area contributed by atoms with Gasteiger partial charge in [0.15, 0.2) is 0 Å². The predicted molar refractivity (Wildman–Crippen MR) is 84.4 cm³/mol. The fraction of sp³-hybridized carbons (Fsp3) is 0.600. The zero-order valence-electron chi connectivity index (χ0n) is 12.4. The van der Waals surface area contributed by atoms with Gasteiger partial charge in [-0.1, -0.05) is 36.5 Å². The molecule has 0 heterocycles. The minimum Gasteiger partial charge on any atom is -0.489 e. The molecule has 0 amide bonds. The maximum atomic E-state index is 6.05. The highest BCUT2D eigenvalue weighted by molar-refractivity contribution is 6.35. The molecule has 0 saturated heterocycles. The first kappa shape index (κ1) is 18.5. The Labute approximate surface area is 136 Å². The molecule has 0 bridgehead atoms. The molecule has 1 atom stereocenters. The molecule has 4 nitrogen and oxygen atoms in total. The standard InChI is InChI=1S/C15H22Cl2O4/c1-3-4-7-19-11-21-13(9-18-2)10-20-15-6-5-12(16)8-14(15)17/h5-6,8,13H,3-4,7,9-11H2,1-2H3. The summed E-state index contributed by atoms with van der Waals surface area (Å²) < 4.78 is 21.7. The lowest BCUT2D eigenvalue weighted by Crippen LogP contribution is -2.28. The van der Waals surface area contributed by atoms with Crippen LogP contribution in [0.3, 0.4) is 0 Å². The molecule has 0 saturated carbocycles. The Kier molecular flexibility index (Phi) is 9.79. The first-order chi connectivity index (χ1) is 10.2. The van der Waals surface area contributed by atoms with Crippen molar-refractivity contribution in [1.29, 1.82) is 0 Å². The quantitative estimate of drug-likeness (QED) is 0.448. The van der Waals surface area contributed by atoms with Crippen LogP contribution in [0, 0.1) is 0 Å². The van der Waals surface area contributed by atoms with Crippen LogP contribution in [0.4, 0.5) is 0 Å². The molecular weight excluding hydrogens is 315 g/mol. The van der Waals surface area contributed by atoms with E-state index in [9.17, 15) is 0 Å². The van der Waals surface area contributed by atoms with Crippen molar-refractivity contribution in [2.75, 3.05) is 33.7 Å². The molecule has 0 aliphatic carbocycles. The first-order valence-electron chi connectivity index (χ1n) is 6.93. The van der Waals surface area contributed by atoms with Gasteiger partial charge in [0.25, 0.3) is 0 Å². The fourth-order valence-electron chi connectivity index (χ4n) is 1.55. The Morgan fingerprint density at radius 1 is 1.19 bits per heavy atom. The van der Waals surface area contributed by atoms with Gasteiger partial charge in [0.2, 0.25) is 0 Å². The third-order valence-corrected chi connectivity index (χ3v) is 3.23. The van der Waals surface area contributed by atoms with Crippen LogP contribution < -0.4 is 4.74 Å². The van der Waals surface area contributed by atoms with Gasteiger partial charge in [-0.15, -0.1) is 0 Å². The Balaban J connectivity index is 2.35. The van der Waals surface area contributed by atoms with E-state index in [1.54, 1.807) is 25.3 Å². The van der Waals surface area contributed by atoms with Crippen molar-refractivity contribution in [3.63, 3.8) is 0 Å². The van der Waals surface area contributed by atoms with E-state index in [2.05, 4.69) is 6.92 Å². The van der Waals surface area contributed by atoms with Gasteiger partial charge in [0.05, 0.1) is 11.6 Å². The summed E-state index contributed by atoms with van der Waals surface area (Å²) in [5, 5.41) is 1.04. The number of unbranched alkanes of at least 4 members (excludes halogenated alkanes) is 1. The fourth-order valence-corrected chi connectivity index (χ4v) is 2.02. The number of ether oxygens (including phenoxy) is 4. The number of methoxy groups -OCH3 is 1. The van der Waals surface area contributed by atoms with Crippen molar-refractivity contribution in [3.05, 3.63) is 28.2 Å². The van der Waals surface area contributed by atoms with Gasteiger partial charge in [0, 0.05) is 18.7 Å². The zero-order valence-corrected chi connectivity index (χ0v) is 14.0. The summed E-state index contributed by atoms with van der Waals surface area (Å²) in [5.74, 6) is 0.567. The molecule has 0 N–H and O–H groups in total. The van der Waals surface area contributed by atoms with Crippen LogP contribution in [0.5, 0.6) is 5.75 Å². The van der Waals surface area contributed by atoms with Crippen LogP contribution in [0.25, 0.3) is 0 Å². The van der Waals surface area contributed by atoms with E-state index < -0.39 is 0 Å². The maximum Gasteiger partial charge on any atom is 0.147 e. The van der Waals surface area contributed by atoms with Gasteiger partial charge in [-0.3, -0.25) is 0 Å². The van der Waals surface area contributed by atoms with E-state index in [0.29, 0.717) is 35.6 Å². The minimum absolute atomic E-state index is 0.219. The summed E-state index contributed by atoms with van der Waals surface area (Å²) in [6.45, 7) is 3.78. The summed E-state index contributed by atoms with van der Waals surface area (Å²) in [6, 6.07) is 5.09. The smallest absolute Gasteiger partial charge is 0.147 e. The monoisotopic (exact) mass is 336 g/mol. The van der Waals surface area contributed by atoms with Crippen molar-refractivity contribution in [1.82, 2.24) is 0 Å². The number of halogens is 2. The van der Waals surface area contributed by atoms with E-state index in [1.807, 2.05) is 0 Å². The molecule has 1 aromatic carbocycles. The Morgan fingerprint density at radius 3 is 2.67 bits per heavy atom. The number of hydrogen-bond donors (Lipinski definition) is 0. The second kappa shape index (κ2) is 11.1. The van der Waals surface area contributed by atoms with E-state index in [4.69, 9.17) is 42.1 Å². The summed E-state index contributed by atoms with van der Waals surface area (Å²) in [5.41, 5.74) is 0. The molecule has 1 aromatic rings. The van der Waals surface area contributed by atoms with Gasteiger partial charge in [-0.2, -0.15) is 0 Å². The van der Waals surface area contributed by atoms with Crippen molar-refractivity contribution in [2.24, 2.45) is 0 Å². The second-order valence-electron chi connectivity index (χ2n) is 4.51. The molecule has 21 heavy (non-hydrogen) atoms. The maximum absolute atomic E-state index is 6.05. The van der Waals surface area contributed by atoms with Crippen molar-refractivity contribution in [3.8, 4) is 5.75 Å². The molecule has 0 spiro atoms. The molecule has 0 radical (unpaired) electrons.